The van der Waals surface area contributed by atoms with Crippen LogP contribution in [0.25, 0.3) is 38.7 Å². The van der Waals surface area contributed by atoms with Crippen molar-refractivity contribution in [2.75, 3.05) is 0 Å². The van der Waals surface area contributed by atoms with Crippen molar-refractivity contribution < 1.29 is 0 Å². The first kappa shape index (κ1) is 15.0. The molecule has 5 rings (SSSR count). The van der Waals surface area contributed by atoms with Crippen LogP contribution >= 0.6 is 11.6 Å². The lowest BCUT2D eigenvalue weighted by Gasteiger charge is -2.13. The molecule has 0 aliphatic heterocycles. The average Bonchev–Trinajstić information content (AvgIpc) is 2.67. The summed E-state index contributed by atoms with van der Waals surface area (Å²) in [7, 11) is 0. The normalized spacial score (nSPS) is 11.4. The number of hydrogen-bond donors (Lipinski definition) is 0. The maximum atomic E-state index is 13.3. The second kappa shape index (κ2) is 5.64. The maximum Gasteiger partial charge on any atom is 0.283 e. The Bertz CT molecular complexity index is 1370. The number of nitrogens with zero attached hydrogens (tertiary/aromatic N) is 3. The minimum atomic E-state index is -0.209. The number of hydrogen-bond acceptors (Lipinski definition) is 3. The summed E-state index contributed by atoms with van der Waals surface area (Å²) in [5.41, 5.74) is 3.70. The Kier molecular flexibility index (Phi) is 3.27. The average molecular weight is 358 g/mol. The molecule has 0 amide bonds. The lowest BCUT2D eigenvalue weighted by molar-refractivity contribution is 1.05. The predicted octanol–water partition coefficient (Wildman–Crippen LogP) is 4.74. The van der Waals surface area contributed by atoms with E-state index in [9.17, 15) is 4.79 Å². The largest absolute Gasteiger partial charge is 0.283 e. The van der Waals surface area contributed by atoms with E-state index in [1.165, 1.54) is 0 Å². The molecule has 2 heterocycles. The number of aromatic nitrogens is 3. The highest BCUT2D eigenvalue weighted by atomic mass is 35.5. The van der Waals surface area contributed by atoms with Crippen molar-refractivity contribution in [2.24, 2.45) is 0 Å². The third kappa shape index (κ3) is 2.20. The van der Waals surface area contributed by atoms with Crippen molar-refractivity contribution in [1.82, 2.24) is 14.5 Å². The van der Waals surface area contributed by atoms with Gasteiger partial charge >= 0.3 is 0 Å². The van der Waals surface area contributed by atoms with Crippen LogP contribution in [0.2, 0.25) is 5.02 Å². The fourth-order valence-corrected chi connectivity index (χ4v) is 3.48. The van der Waals surface area contributed by atoms with E-state index in [0.29, 0.717) is 27.3 Å². The van der Waals surface area contributed by atoms with Crippen molar-refractivity contribution in [3.05, 3.63) is 88.2 Å². The molecule has 0 saturated carbocycles. The van der Waals surface area contributed by atoms with Crippen LogP contribution in [0.15, 0.2) is 77.6 Å². The molecule has 0 aliphatic rings. The second-order valence-electron chi connectivity index (χ2n) is 6.05. The molecule has 5 aromatic rings. The smallest absolute Gasteiger partial charge is 0.275 e. The maximum absolute atomic E-state index is 13.3. The van der Waals surface area contributed by atoms with E-state index in [1.54, 1.807) is 16.7 Å². The number of para-hydroxylation sites is 3. The summed E-state index contributed by atoms with van der Waals surface area (Å²) in [4.78, 5) is 22.6. The van der Waals surface area contributed by atoms with Crippen LogP contribution in [-0.2, 0) is 0 Å². The van der Waals surface area contributed by atoms with Gasteiger partial charge < -0.3 is 0 Å². The van der Waals surface area contributed by atoms with Crippen molar-refractivity contribution >= 4 is 44.6 Å². The van der Waals surface area contributed by atoms with E-state index in [2.05, 4.69) is 4.98 Å². The van der Waals surface area contributed by atoms with Gasteiger partial charge in [-0.25, -0.2) is 9.97 Å². The van der Waals surface area contributed by atoms with Crippen LogP contribution < -0.4 is 5.56 Å². The van der Waals surface area contributed by atoms with Gasteiger partial charge in [-0.1, -0.05) is 48.0 Å². The summed E-state index contributed by atoms with van der Waals surface area (Å²) in [6, 6.07) is 22.5. The topological polar surface area (TPSA) is 47.8 Å². The van der Waals surface area contributed by atoms with E-state index >= 15 is 0 Å². The minimum absolute atomic E-state index is 0.209. The quantitative estimate of drug-likeness (QED) is 0.321. The number of fused-ring (bicyclic) bond motifs is 4. The molecule has 0 fully saturated rings. The molecule has 0 N–H and O–H groups in total. The summed E-state index contributed by atoms with van der Waals surface area (Å²) < 4.78 is 1.65. The van der Waals surface area contributed by atoms with Gasteiger partial charge in [0, 0.05) is 10.4 Å². The predicted molar refractivity (Wildman–Crippen MR) is 105 cm³/mol. The Labute approximate surface area is 153 Å². The van der Waals surface area contributed by atoms with Gasteiger partial charge in [0.25, 0.3) is 5.56 Å². The highest BCUT2D eigenvalue weighted by molar-refractivity contribution is 6.30. The summed E-state index contributed by atoms with van der Waals surface area (Å²) in [6.07, 6.45) is 0. The third-order valence-electron chi connectivity index (χ3n) is 4.44. The zero-order valence-electron chi connectivity index (χ0n) is 13.6. The molecule has 2 aromatic heterocycles. The van der Waals surface area contributed by atoms with Gasteiger partial charge in [-0.15, -0.1) is 0 Å². The van der Waals surface area contributed by atoms with Gasteiger partial charge in [-0.05, 0) is 36.4 Å². The molecular formula is C21H12ClN3O. The molecule has 0 aliphatic carbocycles. The summed E-state index contributed by atoms with van der Waals surface area (Å²) in [5.74, 6) is 0. The second-order valence-corrected chi connectivity index (χ2v) is 6.48. The van der Waals surface area contributed by atoms with Crippen LogP contribution in [0, 0.1) is 0 Å². The molecular weight excluding hydrogens is 346 g/mol. The van der Waals surface area contributed by atoms with Gasteiger partial charge in [-0.2, -0.15) is 0 Å². The van der Waals surface area contributed by atoms with Crippen LogP contribution in [0.4, 0.5) is 0 Å². The van der Waals surface area contributed by atoms with Gasteiger partial charge in [0.1, 0.15) is 5.52 Å². The van der Waals surface area contributed by atoms with E-state index in [4.69, 9.17) is 16.6 Å². The number of rotatable bonds is 1. The van der Waals surface area contributed by atoms with Crippen LogP contribution in [0.5, 0.6) is 0 Å². The van der Waals surface area contributed by atoms with Crippen molar-refractivity contribution in [2.45, 2.75) is 0 Å². The van der Waals surface area contributed by atoms with E-state index in [-0.39, 0.29) is 5.56 Å². The SMILES string of the molecule is O=c1c2nc3ccccc3nc2c2ccccc2n1-c1cccc(Cl)c1. The van der Waals surface area contributed by atoms with Crippen molar-refractivity contribution in [1.29, 1.82) is 0 Å². The lowest BCUT2D eigenvalue weighted by Crippen LogP contribution is -2.20. The number of halogens is 1. The first-order valence-corrected chi connectivity index (χ1v) is 8.56. The molecule has 0 saturated heterocycles. The molecule has 0 radical (unpaired) electrons. The Hall–Kier alpha value is -3.24. The summed E-state index contributed by atoms with van der Waals surface area (Å²) >= 11 is 6.15. The van der Waals surface area contributed by atoms with Crippen molar-refractivity contribution in [3.8, 4) is 5.69 Å². The van der Waals surface area contributed by atoms with Gasteiger partial charge in [0.15, 0.2) is 5.52 Å². The van der Waals surface area contributed by atoms with Crippen molar-refractivity contribution in [3.63, 3.8) is 0 Å². The minimum Gasteiger partial charge on any atom is -0.275 e. The zero-order chi connectivity index (χ0) is 17.7. The molecule has 3 aromatic carbocycles. The molecule has 4 nitrogen and oxygen atoms in total. The number of pyridine rings is 1. The molecule has 26 heavy (non-hydrogen) atoms. The molecule has 0 spiro atoms. The van der Waals surface area contributed by atoms with Crippen LogP contribution in [-0.4, -0.2) is 14.5 Å². The Morgan fingerprint density at radius 2 is 1.46 bits per heavy atom. The first-order valence-electron chi connectivity index (χ1n) is 8.18. The van der Waals surface area contributed by atoms with Gasteiger partial charge in [0.2, 0.25) is 0 Å². The van der Waals surface area contributed by atoms with Crippen LogP contribution in [0.1, 0.15) is 0 Å². The molecule has 0 unspecified atom stereocenters. The summed E-state index contributed by atoms with van der Waals surface area (Å²) in [5, 5.41) is 1.45. The van der Waals surface area contributed by atoms with Gasteiger partial charge in [-0.3, -0.25) is 9.36 Å². The Balaban J connectivity index is 2.03. The fourth-order valence-electron chi connectivity index (χ4n) is 3.29. The van der Waals surface area contributed by atoms with E-state index < -0.39 is 0 Å². The highest BCUT2D eigenvalue weighted by Gasteiger charge is 2.15. The molecule has 124 valence electrons. The Morgan fingerprint density at radius 3 is 2.23 bits per heavy atom. The fraction of sp³-hybridized carbons (Fsp3) is 0. The first-order chi connectivity index (χ1) is 12.7. The van der Waals surface area contributed by atoms with E-state index in [0.717, 1.165) is 16.4 Å². The van der Waals surface area contributed by atoms with Gasteiger partial charge in [0.05, 0.1) is 22.2 Å². The molecule has 5 heteroatoms. The lowest BCUT2D eigenvalue weighted by atomic mass is 10.1. The number of benzene rings is 3. The summed E-state index contributed by atoms with van der Waals surface area (Å²) in [6.45, 7) is 0. The molecule has 0 bridgehead atoms. The highest BCUT2D eigenvalue weighted by Crippen LogP contribution is 2.25. The van der Waals surface area contributed by atoms with E-state index in [1.807, 2.05) is 60.7 Å². The molecule has 0 atom stereocenters. The Morgan fingerprint density at radius 1 is 0.769 bits per heavy atom. The zero-order valence-corrected chi connectivity index (χ0v) is 14.3. The van der Waals surface area contributed by atoms with Crippen LogP contribution in [0.3, 0.4) is 0 Å². The standard InChI is InChI=1S/C21H12ClN3O/c22-13-6-5-7-14(12-13)25-18-11-4-1-8-15(18)19-20(21(25)26)24-17-10-3-2-9-16(17)23-19/h1-12H. The third-order valence-corrected chi connectivity index (χ3v) is 4.68. The monoisotopic (exact) mass is 357 g/mol.